The smallest absolute Gasteiger partial charge is 0.422 e. The molecule has 7 heteroatoms. The minimum absolute atomic E-state index is 0.176. The van der Waals surface area contributed by atoms with Crippen LogP contribution < -0.4 is 0 Å². The Labute approximate surface area is 163 Å². The zero-order valence-electron chi connectivity index (χ0n) is 16.4. The van der Waals surface area contributed by atoms with Gasteiger partial charge in [-0.3, -0.25) is 4.57 Å². The summed E-state index contributed by atoms with van der Waals surface area (Å²) >= 11 is 0. The number of carbonyl (C=O) groups excluding carboxylic acids is 2. The van der Waals surface area contributed by atoms with Gasteiger partial charge in [-0.15, -0.1) is 0 Å². The summed E-state index contributed by atoms with van der Waals surface area (Å²) in [5, 5.41) is 0. The summed E-state index contributed by atoms with van der Waals surface area (Å²) in [7, 11) is 0. The van der Waals surface area contributed by atoms with Crippen molar-refractivity contribution in [1.82, 2.24) is 4.57 Å². The van der Waals surface area contributed by atoms with E-state index in [-0.39, 0.29) is 12.3 Å². The van der Waals surface area contributed by atoms with Crippen molar-refractivity contribution in [2.45, 2.75) is 39.9 Å². The van der Waals surface area contributed by atoms with Crippen molar-refractivity contribution in [1.29, 1.82) is 0 Å². The molecular weight excluding hydrogens is 358 g/mol. The molecule has 1 aromatic carbocycles. The number of aryl methyl sites for hydroxylation is 1. The molecule has 0 aliphatic carbocycles. The van der Waals surface area contributed by atoms with Crippen molar-refractivity contribution >= 4 is 23.9 Å². The number of hydrogen-bond donors (Lipinski definition) is 0. The summed E-state index contributed by atoms with van der Waals surface area (Å²) in [6.45, 7) is 6.88. The number of aromatic nitrogens is 1. The lowest BCUT2D eigenvalue weighted by Gasteiger charge is -2.21. The van der Waals surface area contributed by atoms with Gasteiger partial charge in [0.2, 0.25) is 0 Å². The van der Waals surface area contributed by atoms with Crippen LogP contribution in [0.25, 0.3) is 11.6 Å². The molecule has 7 nitrogen and oxygen atoms in total. The van der Waals surface area contributed by atoms with Crippen molar-refractivity contribution in [2.75, 3.05) is 0 Å². The van der Waals surface area contributed by atoms with Gasteiger partial charge in [0.1, 0.15) is 12.2 Å². The Balaban J connectivity index is 2.07. The van der Waals surface area contributed by atoms with Gasteiger partial charge < -0.3 is 15.0 Å². The number of hydrogen-bond acceptors (Lipinski definition) is 4. The topological polar surface area (TPSA) is 93.9 Å². The van der Waals surface area contributed by atoms with Gasteiger partial charge in [0.05, 0.1) is 5.69 Å². The average Bonchev–Trinajstić information content (AvgIpc) is 3.00. The number of rotatable bonds is 5. The number of carbonyl (C=O) groups is 2. The van der Waals surface area contributed by atoms with Crippen LogP contribution in [-0.4, -0.2) is 32.7 Å². The highest BCUT2D eigenvalue weighted by Crippen LogP contribution is 2.15. The lowest BCUT2D eigenvalue weighted by Crippen LogP contribution is -2.29. The third-order valence-corrected chi connectivity index (χ3v) is 3.63. The van der Waals surface area contributed by atoms with Gasteiger partial charge in [-0.25, -0.2) is 9.59 Å². The van der Waals surface area contributed by atoms with Crippen LogP contribution in [0.3, 0.4) is 0 Å². The molecule has 0 amide bonds. The van der Waals surface area contributed by atoms with Gasteiger partial charge in [0.15, 0.2) is 0 Å². The van der Waals surface area contributed by atoms with Gasteiger partial charge in [-0.1, -0.05) is 30.3 Å². The second-order valence-corrected chi connectivity index (χ2v) is 7.09. The van der Waals surface area contributed by atoms with E-state index in [1.807, 2.05) is 30.3 Å². The molecule has 0 unspecified atom stereocenters. The Bertz CT molecular complexity index is 930. The van der Waals surface area contributed by atoms with Gasteiger partial charge in [0.25, 0.3) is 0 Å². The highest BCUT2D eigenvalue weighted by atomic mass is 16.6. The van der Waals surface area contributed by atoms with Crippen molar-refractivity contribution in [3.63, 3.8) is 0 Å². The minimum Gasteiger partial charge on any atom is -0.450 e. The maximum absolute atomic E-state index is 12.4. The highest BCUT2D eigenvalue weighted by molar-refractivity contribution is 6.39. The third-order valence-electron chi connectivity index (χ3n) is 3.63. The van der Waals surface area contributed by atoms with Gasteiger partial charge in [-0.05, 0) is 51.5 Å². The van der Waals surface area contributed by atoms with Crippen LogP contribution in [0.5, 0.6) is 0 Å². The summed E-state index contributed by atoms with van der Waals surface area (Å²) in [4.78, 5) is 27.6. The summed E-state index contributed by atoms with van der Waals surface area (Å²) in [6, 6.07) is 12.6. The van der Waals surface area contributed by atoms with E-state index in [1.165, 1.54) is 10.6 Å². The van der Waals surface area contributed by atoms with Crippen molar-refractivity contribution in [3.05, 3.63) is 71.0 Å². The maximum atomic E-state index is 12.4. The minimum atomic E-state index is -0.815. The fourth-order valence-electron chi connectivity index (χ4n) is 2.37. The Morgan fingerprint density at radius 1 is 1.14 bits per heavy atom. The van der Waals surface area contributed by atoms with E-state index >= 15 is 0 Å². The van der Waals surface area contributed by atoms with Gasteiger partial charge in [0, 0.05) is 11.8 Å². The fourth-order valence-corrected chi connectivity index (χ4v) is 2.37. The van der Waals surface area contributed by atoms with E-state index in [0.29, 0.717) is 11.4 Å². The van der Waals surface area contributed by atoms with Crippen molar-refractivity contribution in [2.24, 2.45) is 0 Å². The quantitative estimate of drug-likeness (QED) is 0.338. The van der Waals surface area contributed by atoms with Crippen LogP contribution in [0.2, 0.25) is 0 Å². The van der Waals surface area contributed by atoms with Gasteiger partial charge >= 0.3 is 17.8 Å². The first-order valence-electron chi connectivity index (χ1n) is 8.74. The van der Waals surface area contributed by atoms with E-state index in [0.717, 1.165) is 5.56 Å². The second-order valence-electron chi connectivity index (χ2n) is 7.09. The fraction of sp³-hybridized carbons (Fsp3) is 0.286. The lowest BCUT2D eigenvalue weighted by molar-refractivity contribution is -0.141. The number of esters is 1. The Kier molecular flexibility index (Phi) is 6.69. The molecule has 0 bridgehead atoms. The van der Waals surface area contributed by atoms with Crippen LogP contribution in [-0.2, 0) is 20.9 Å². The molecule has 0 saturated heterocycles. The standard InChI is InChI=1S/C21H23N3O4/c1-15-10-12-17(24(15)20(26)28-21(2,3)4)14-27-19(25)18(23-22)13-11-16-8-6-5-7-9-16/h5-13H,14H2,1-4H3/b13-11+. The SMILES string of the molecule is Cc1ccc(COC(=O)C(/C=C/c2ccccc2)=[N+]=[N-])n1C(=O)OC(C)(C)C. The molecule has 1 aromatic heterocycles. The molecule has 0 fully saturated rings. The van der Waals surface area contributed by atoms with E-state index in [2.05, 4.69) is 4.79 Å². The molecule has 0 saturated carbocycles. The maximum Gasteiger partial charge on any atom is 0.422 e. The third kappa shape index (κ3) is 5.79. The molecule has 0 spiro atoms. The molecule has 0 aliphatic rings. The van der Waals surface area contributed by atoms with Crippen LogP contribution in [0, 0.1) is 6.92 Å². The summed E-state index contributed by atoms with van der Waals surface area (Å²) in [5.74, 6) is -0.815. The van der Waals surface area contributed by atoms with Crippen LogP contribution in [0.4, 0.5) is 4.79 Å². The molecule has 0 atom stereocenters. The number of benzene rings is 1. The van der Waals surface area contributed by atoms with Crippen molar-refractivity contribution < 1.29 is 23.9 Å². The van der Waals surface area contributed by atoms with Crippen LogP contribution in [0.1, 0.15) is 37.7 Å². The zero-order valence-corrected chi connectivity index (χ0v) is 16.4. The Hall–Kier alpha value is -3.44. The molecule has 28 heavy (non-hydrogen) atoms. The molecule has 2 rings (SSSR count). The summed E-state index contributed by atoms with van der Waals surface area (Å²) in [6.07, 6.45) is 2.43. The largest absolute Gasteiger partial charge is 0.450 e. The molecule has 2 aromatic rings. The first-order valence-corrected chi connectivity index (χ1v) is 8.74. The predicted octanol–water partition coefficient (Wildman–Crippen LogP) is 4.01. The lowest BCUT2D eigenvalue weighted by atomic mass is 10.2. The normalized spacial score (nSPS) is 11.1. The molecule has 0 aliphatic heterocycles. The number of nitrogens with zero attached hydrogens (tertiary/aromatic N) is 3. The average molecular weight is 381 g/mol. The highest BCUT2D eigenvalue weighted by Gasteiger charge is 2.23. The first-order chi connectivity index (χ1) is 13.2. The zero-order chi connectivity index (χ0) is 20.7. The van der Waals surface area contributed by atoms with E-state index in [1.54, 1.807) is 45.9 Å². The molecule has 146 valence electrons. The summed E-state index contributed by atoms with van der Waals surface area (Å²) < 4.78 is 11.9. The summed E-state index contributed by atoms with van der Waals surface area (Å²) in [5.41, 5.74) is 10.1. The second kappa shape index (κ2) is 8.97. The monoisotopic (exact) mass is 381 g/mol. The molecule has 1 heterocycles. The van der Waals surface area contributed by atoms with Crippen molar-refractivity contribution in [3.8, 4) is 0 Å². The molecular formula is C21H23N3O4. The van der Waals surface area contributed by atoms with E-state index in [4.69, 9.17) is 15.0 Å². The van der Waals surface area contributed by atoms with Gasteiger partial charge in [-0.2, -0.15) is 4.79 Å². The predicted molar refractivity (Wildman–Crippen MR) is 105 cm³/mol. The molecule has 0 N–H and O–H groups in total. The number of ether oxygens (including phenoxy) is 2. The first kappa shape index (κ1) is 20.9. The Morgan fingerprint density at radius 3 is 2.43 bits per heavy atom. The van der Waals surface area contributed by atoms with E-state index in [9.17, 15) is 9.59 Å². The van der Waals surface area contributed by atoms with E-state index < -0.39 is 17.7 Å². The molecule has 0 radical (unpaired) electrons. The van der Waals surface area contributed by atoms with Crippen LogP contribution >= 0.6 is 0 Å². The Morgan fingerprint density at radius 2 is 1.82 bits per heavy atom. The van der Waals surface area contributed by atoms with Crippen LogP contribution in [0.15, 0.2) is 48.5 Å².